The Balaban J connectivity index is 2.27. The molecule has 0 aliphatic rings. The molecular weight excluding hydrogens is 351 g/mol. The number of phenolic OH excluding ortho intramolecular Hbond substituents is 1. The van der Waals surface area contributed by atoms with Crippen molar-refractivity contribution in [1.82, 2.24) is 0 Å². The summed E-state index contributed by atoms with van der Waals surface area (Å²) in [4.78, 5) is 12.2. The number of carbonyl (C=O) groups is 1. The number of rotatable bonds is 4. The van der Waals surface area contributed by atoms with E-state index in [2.05, 4.69) is 5.32 Å². The highest BCUT2D eigenvalue weighted by Crippen LogP contribution is 2.28. The van der Waals surface area contributed by atoms with Crippen molar-refractivity contribution < 1.29 is 14.6 Å². The van der Waals surface area contributed by atoms with Crippen molar-refractivity contribution in [1.29, 1.82) is 5.26 Å². The number of carbonyl (C=O) groups excluding carboxylic acids is 1. The fourth-order valence-electron chi connectivity index (χ4n) is 1.88. The van der Waals surface area contributed by atoms with Gasteiger partial charge in [-0.2, -0.15) is 5.26 Å². The highest BCUT2D eigenvalue weighted by atomic mass is 35.5. The Morgan fingerprint density at radius 1 is 1.29 bits per heavy atom. The molecule has 0 aliphatic carbocycles. The van der Waals surface area contributed by atoms with Crippen LogP contribution in [0.2, 0.25) is 10.0 Å². The summed E-state index contributed by atoms with van der Waals surface area (Å²) in [6.07, 6.45) is 1.38. The summed E-state index contributed by atoms with van der Waals surface area (Å²) in [6, 6.07) is 10.9. The second-order valence-electron chi connectivity index (χ2n) is 4.68. The Kier molecular flexibility index (Phi) is 5.69. The standard InChI is InChI=1S/C17H12Cl2N2O3/c1-24-16-7-10(2-5-15(16)22)6-11(9-20)17(23)21-14-4-3-12(18)8-13(14)19/h2-8,22H,1H3,(H,21,23)/b11-6-. The molecule has 0 spiro atoms. The first-order valence-electron chi connectivity index (χ1n) is 6.70. The monoisotopic (exact) mass is 362 g/mol. The molecule has 7 heteroatoms. The molecule has 0 bridgehead atoms. The largest absolute Gasteiger partial charge is 0.504 e. The van der Waals surface area contributed by atoms with Gasteiger partial charge in [-0.1, -0.05) is 29.3 Å². The molecule has 0 radical (unpaired) electrons. The van der Waals surface area contributed by atoms with Crippen LogP contribution in [0, 0.1) is 11.3 Å². The molecule has 24 heavy (non-hydrogen) atoms. The van der Waals surface area contributed by atoms with Gasteiger partial charge in [0.15, 0.2) is 11.5 Å². The predicted molar refractivity (Wildman–Crippen MR) is 93.3 cm³/mol. The van der Waals surface area contributed by atoms with Crippen molar-refractivity contribution in [3.63, 3.8) is 0 Å². The number of phenols is 1. The maximum atomic E-state index is 12.2. The molecule has 0 heterocycles. The van der Waals surface area contributed by atoms with Gasteiger partial charge in [0, 0.05) is 5.02 Å². The third kappa shape index (κ3) is 4.19. The second kappa shape index (κ2) is 7.73. The van der Waals surface area contributed by atoms with Gasteiger partial charge in [-0.25, -0.2) is 0 Å². The molecule has 0 unspecified atom stereocenters. The van der Waals surface area contributed by atoms with E-state index in [4.69, 9.17) is 27.9 Å². The summed E-state index contributed by atoms with van der Waals surface area (Å²) in [6.45, 7) is 0. The minimum Gasteiger partial charge on any atom is -0.504 e. The molecule has 2 aromatic rings. The van der Waals surface area contributed by atoms with Crippen LogP contribution in [-0.4, -0.2) is 18.1 Å². The number of nitrogens with zero attached hydrogens (tertiary/aromatic N) is 1. The third-order valence-electron chi connectivity index (χ3n) is 3.06. The fraction of sp³-hybridized carbons (Fsp3) is 0.0588. The first kappa shape index (κ1) is 17.7. The molecule has 2 N–H and O–H groups in total. The molecule has 2 aromatic carbocycles. The van der Waals surface area contributed by atoms with Crippen LogP contribution in [0.25, 0.3) is 6.08 Å². The van der Waals surface area contributed by atoms with Crippen LogP contribution < -0.4 is 10.1 Å². The van der Waals surface area contributed by atoms with Crippen molar-refractivity contribution in [3.8, 4) is 17.6 Å². The first-order chi connectivity index (χ1) is 11.4. The Morgan fingerprint density at radius 3 is 2.67 bits per heavy atom. The van der Waals surface area contributed by atoms with Crippen LogP contribution in [-0.2, 0) is 4.79 Å². The zero-order valence-electron chi connectivity index (χ0n) is 12.5. The lowest BCUT2D eigenvalue weighted by Gasteiger charge is -2.07. The summed E-state index contributed by atoms with van der Waals surface area (Å²) in [5.41, 5.74) is 0.739. The molecule has 0 saturated heterocycles. The molecule has 0 atom stereocenters. The molecule has 122 valence electrons. The number of nitriles is 1. The van der Waals surface area contributed by atoms with Crippen molar-refractivity contribution in [2.45, 2.75) is 0 Å². The van der Waals surface area contributed by atoms with E-state index in [-0.39, 0.29) is 22.1 Å². The summed E-state index contributed by atoms with van der Waals surface area (Å²) in [5.74, 6) is -0.415. The van der Waals surface area contributed by atoms with Crippen LogP contribution in [0.5, 0.6) is 11.5 Å². The van der Waals surface area contributed by atoms with E-state index in [1.54, 1.807) is 18.2 Å². The first-order valence-corrected chi connectivity index (χ1v) is 7.45. The molecule has 0 fully saturated rings. The van der Waals surface area contributed by atoms with Crippen LogP contribution in [0.3, 0.4) is 0 Å². The topological polar surface area (TPSA) is 82.3 Å². The molecule has 1 amide bonds. The van der Waals surface area contributed by atoms with E-state index in [9.17, 15) is 15.2 Å². The number of hydrogen-bond acceptors (Lipinski definition) is 4. The fourth-order valence-corrected chi connectivity index (χ4v) is 2.34. The molecule has 0 aromatic heterocycles. The van der Waals surface area contributed by atoms with Gasteiger partial charge in [-0.05, 0) is 42.0 Å². The lowest BCUT2D eigenvalue weighted by atomic mass is 10.1. The Morgan fingerprint density at radius 2 is 2.04 bits per heavy atom. The van der Waals surface area contributed by atoms with Crippen molar-refractivity contribution in [3.05, 3.63) is 57.6 Å². The summed E-state index contributed by atoms with van der Waals surface area (Å²) in [5, 5.41) is 22.0. The van der Waals surface area contributed by atoms with Crippen molar-refractivity contribution >= 4 is 40.9 Å². The van der Waals surface area contributed by atoms with E-state index >= 15 is 0 Å². The number of nitrogens with one attached hydrogen (secondary N) is 1. The average Bonchev–Trinajstić information content (AvgIpc) is 2.56. The van der Waals surface area contributed by atoms with Gasteiger partial charge < -0.3 is 15.2 Å². The maximum Gasteiger partial charge on any atom is 0.266 e. The highest BCUT2D eigenvalue weighted by molar-refractivity contribution is 6.36. The normalized spacial score (nSPS) is 10.8. The zero-order chi connectivity index (χ0) is 17.7. The van der Waals surface area contributed by atoms with E-state index in [0.29, 0.717) is 16.3 Å². The van der Waals surface area contributed by atoms with E-state index < -0.39 is 5.91 Å². The predicted octanol–water partition coefficient (Wildman–Crippen LogP) is 4.25. The SMILES string of the molecule is COc1cc(/C=C(/C#N)C(=O)Nc2ccc(Cl)cc2Cl)ccc1O. The van der Waals surface area contributed by atoms with Gasteiger partial charge in [0.05, 0.1) is 17.8 Å². The van der Waals surface area contributed by atoms with Crippen LogP contribution in [0.15, 0.2) is 42.0 Å². The van der Waals surface area contributed by atoms with Gasteiger partial charge in [-0.15, -0.1) is 0 Å². The average molecular weight is 363 g/mol. The lowest BCUT2D eigenvalue weighted by Crippen LogP contribution is -2.13. The number of amides is 1. The molecule has 0 saturated carbocycles. The Bertz CT molecular complexity index is 857. The van der Waals surface area contributed by atoms with Gasteiger partial charge in [0.2, 0.25) is 0 Å². The molecule has 2 rings (SSSR count). The van der Waals surface area contributed by atoms with Crippen molar-refractivity contribution in [2.75, 3.05) is 12.4 Å². The Hall–Kier alpha value is -2.68. The quantitative estimate of drug-likeness (QED) is 0.628. The van der Waals surface area contributed by atoms with Gasteiger partial charge >= 0.3 is 0 Å². The zero-order valence-corrected chi connectivity index (χ0v) is 14.0. The number of halogens is 2. The number of hydrogen-bond donors (Lipinski definition) is 2. The van der Waals surface area contributed by atoms with E-state index in [1.165, 1.54) is 31.4 Å². The maximum absolute atomic E-state index is 12.2. The third-order valence-corrected chi connectivity index (χ3v) is 3.61. The summed E-state index contributed by atoms with van der Waals surface area (Å²) in [7, 11) is 1.41. The van der Waals surface area contributed by atoms with Gasteiger partial charge in [-0.3, -0.25) is 4.79 Å². The van der Waals surface area contributed by atoms with Gasteiger partial charge in [0.1, 0.15) is 11.6 Å². The van der Waals surface area contributed by atoms with E-state index in [0.717, 1.165) is 0 Å². The number of benzene rings is 2. The molecular formula is C17H12Cl2N2O3. The number of ether oxygens (including phenoxy) is 1. The molecule has 5 nitrogen and oxygen atoms in total. The number of methoxy groups -OCH3 is 1. The summed E-state index contributed by atoms with van der Waals surface area (Å²) < 4.78 is 4.99. The van der Waals surface area contributed by atoms with Crippen LogP contribution in [0.1, 0.15) is 5.56 Å². The van der Waals surface area contributed by atoms with Gasteiger partial charge in [0.25, 0.3) is 5.91 Å². The van der Waals surface area contributed by atoms with Crippen molar-refractivity contribution in [2.24, 2.45) is 0 Å². The van der Waals surface area contributed by atoms with Crippen LogP contribution in [0.4, 0.5) is 5.69 Å². The molecule has 0 aliphatic heterocycles. The second-order valence-corrected chi connectivity index (χ2v) is 5.52. The summed E-state index contributed by atoms with van der Waals surface area (Å²) >= 11 is 11.8. The lowest BCUT2D eigenvalue weighted by molar-refractivity contribution is -0.112. The van der Waals surface area contributed by atoms with Crippen LogP contribution >= 0.6 is 23.2 Å². The highest BCUT2D eigenvalue weighted by Gasteiger charge is 2.12. The van der Waals surface area contributed by atoms with E-state index in [1.807, 2.05) is 6.07 Å². The minimum absolute atomic E-state index is 0.0365. The minimum atomic E-state index is -0.617. The number of anilines is 1. The Labute approximate surface area is 148 Å². The smallest absolute Gasteiger partial charge is 0.266 e. The number of aromatic hydroxyl groups is 1.